The zero-order valence-electron chi connectivity index (χ0n) is 20.5. The fraction of sp³-hybridized carbons (Fsp3) is 0.423. The molecule has 1 atom stereocenters. The van der Waals surface area contributed by atoms with Crippen LogP contribution in [0.3, 0.4) is 0 Å². The first kappa shape index (κ1) is 23.5. The lowest BCUT2D eigenvalue weighted by Crippen LogP contribution is -2.51. The third kappa shape index (κ3) is 4.22. The molecule has 1 amide bonds. The van der Waals surface area contributed by atoms with Crippen LogP contribution in [-0.4, -0.2) is 63.7 Å². The number of aromatic nitrogens is 6. The van der Waals surface area contributed by atoms with Gasteiger partial charge in [0.15, 0.2) is 5.65 Å². The van der Waals surface area contributed by atoms with Crippen LogP contribution in [0.15, 0.2) is 47.8 Å². The van der Waals surface area contributed by atoms with Crippen LogP contribution in [0.5, 0.6) is 0 Å². The van der Waals surface area contributed by atoms with Gasteiger partial charge in [-0.05, 0) is 55.5 Å². The van der Waals surface area contributed by atoms with Crippen LogP contribution in [0.2, 0.25) is 0 Å². The van der Waals surface area contributed by atoms with Crippen LogP contribution in [0.25, 0.3) is 16.7 Å². The fourth-order valence-corrected chi connectivity index (χ4v) is 5.57. The Balaban J connectivity index is 1.14. The first-order chi connectivity index (χ1) is 17.8. The maximum absolute atomic E-state index is 13.3. The summed E-state index contributed by atoms with van der Waals surface area (Å²) < 4.78 is 18.0. The molecule has 4 aromatic rings. The van der Waals surface area contributed by atoms with E-state index >= 15 is 0 Å². The summed E-state index contributed by atoms with van der Waals surface area (Å²) in [5, 5.41) is 20.2. The zero-order valence-corrected chi connectivity index (χ0v) is 20.5. The highest BCUT2D eigenvalue weighted by Crippen LogP contribution is 2.30. The van der Waals surface area contributed by atoms with E-state index in [-0.39, 0.29) is 29.7 Å². The number of benzene rings is 1. The van der Waals surface area contributed by atoms with Crippen LogP contribution >= 0.6 is 0 Å². The topological polar surface area (TPSA) is 111 Å². The minimum atomic E-state index is -1.12. The van der Waals surface area contributed by atoms with E-state index in [4.69, 9.17) is 0 Å². The number of likely N-dealkylation sites (tertiary alicyclic amines) is 1. The monoisotopic (exact) mass is 505 g/mol. The molecule has 1 N–H and O–H groups in total. The van der Waals surface area contributed by atoms with E-state index in [1.807, 2.05) is 22.8 Å². The smallest absolute Gasteiger partial charge is 0.264 e. The molecule has 0 bridgehead atoms. The number of rotatable bonds is 4. The van der Waals surface area contributed by atoms with E-state index < -0.39 is 5.60 Å². The first-order valence-corrected chi connectivity index (χ1v) is 12.5. The molecular weight excluding hydrogens is 477 g/mol. The number of amides is 1. The largest absolute Gasteiger partial charge is 0.388 e. The Bertz CT molecular complexity index is 1530. The molecule has 1 unspecified atom stereocenters. The number of fused-ring (bicyclic) bond motifs is 2. The summed E-state index contributed by atoms with van der Waals surface area (Å²) >= 11 is 0. The molecule has 1 saturated heterocycles. The Kier molecular flexibility index (Phi) is 5.67. The van der Waals surface area contributed by atoms with E-state index in [9.17, 15) is 19.1 Å². The molecule has 6 rings (SSSR count). The highest BCUT2D eigenvalue weighted by Gasteiger charge is 2.37. The molecule has 2 aliphatic rings. The van der Waals surface area contributed by atoms with Gasteiger partial charge in [0.25, 0.3) is 5.56 Å². The molecule has 1 fully saturated rings. The average molecular weight is 506 g/mol. The Morgan fingerprint density at radius 1 is 1.16 bits per heavy atom. The van der Waals surface area contributed by atoms with Gasteiger partial charge in [0.2, 0.25) is 5.91 Å². The van der Waals surface area contributed by atoms with Crippen molar-refractivity contribution >= 4 is 16.9 Å². The van der Waals surface area contributed by atoms with Crippen molar-refractivity contribution in [3.05, 3.63) is 70.4 Å². The van der Waals surface area contributed by atoms with Gasteiger partial charge in [-0.3, -0.25) is 18.8 Å². The lowest BCUT2D eigenvalue weighted by Gasteiger charge is -2.40. The van der Waals surface area contributed by atoms with Crippen LogP contribution in [-0.2, 0) is 31.2 Å². The minimum absolute atomic E-state index is 0.0686. The predicted molar refractivity (Wildman–Crippen MR) is 133 cm³/mol. The maximum Gasteiger partial charge on any atom is 0.264 e. The van der Waals surface area contributed by atoms with Crippen molar-refractivity contribution in [1.29, 1.82) is 0 Å². The molecule has 37 heavy (non-hydrogen) atoms. The van der Waals surface area contributed by atoms with E-state index in [2.05, 4.69) is 15.2 Å². The second kappa shape index (κ2) is 8.91. The van der Waals surface area contributed by atoms with E-state index in [0.29, 0.717) is 49.1 Å². The molecule has 1 aromatic carbocycles. The number of hydrogen-bond donors (Lipinski definition) is 1. The summed E-state index contributed by atoms with van der Waals surface area (Å²) in [7, 11) is 1.91. The van der Waals surface area contributed by atoms with Gasteiger partial charge in [-0.2, -0.15) is 10.2 Å². The lowest BCUT2D eigenvalue weighted by molar-refractivity contribution is -0.140. The SMILES string of the molecule is Cn1ncc2c1CC(C(=O)N1CCC(O)(Cn3cnc4c(cnn4-c4ccc(F)cc4)c3=O)CC1)CC2. The van der Waals surface area contributed by atoms with Gasteiger partial charge in [-0.15, -0.1) is 0 Å². The lowest BCUT2D eigenvalue weighted by atomic mass is 9.85. The molecule has 3 aromatic heterocycles. The van der Waals surface area contributed by atoms with Crippen LogP contribution in [0, 0.1) is 11.7 Å². The summed E-state index contributed by atoms with van der Waals surface area (Å²) in [4.78, 5) is 32.6. The van der Waals surface area contributed by atoms with Crippen molar-refractivity contribution in [3.8, 4) is 5.69 Å². The standard InChI is InChI=1S/C26H28FN7O3/c1-31-22-12-17(2-3-18(22)13-29-31)24(35)32-10-8-26(37,9-11-32)15-33-16-28-23-21(25(33)36)14-30-34(23)20-6-4-19(27)5-7-20/h4-7,13-14,16-17,37H,2-3,8-12,15H2,1H3. The number of halogens is 1. The molecule has 192 valence electrons. The van der Waals surface area contributed by atoms with E-state index in [1.165, 1.54) is 39.5 Å². The van der Waals surface area contributed by atoms with E-state index in [1.54, 1.807) is 12.1 Å². The number of carbonyl (C=O) groups is 1. The number of hydrogen-bond acceptors (Lipinski definition) is 6. The highest BCUT2D eigenvalue weighted by molar-refractivity contribution is 5.79. The Labute approximate surface area is 212 Å². The van der Waals surface area contributed by atoms with Crippen molar-refractivity contribution in [2.24, 2.45) is 13.0 Å². The third-order valence-corrected chi connectivity index (χ3v) is 7.80. The zero-order chi connectivity index (χ0) is 25.7. The van der Waals surface area contributed by atoms with E-state index in [0.717, 1.165) is 18.5 Å². The molecule has 0 saturated carbocycles. The van der Waals surface area contributed by atoms with Crippen LogP contribution in [0.1, 0.15) is 30.5 Å². The van der Waals surface area contributed by atoms with Gasteiger partial charge in [0, 0.05) is 38.2 Å². The number of nitrogens with zero attached hydrogens (tertiary/aromatic N) is 7. The molecule has 10 nitrogen and oxygen atoms in total. The van der Waals surface area contributed by atoms with Crippen LogP contribution < -0.4 is 5.56 Å². The number of aryl methyl sites for hydroxylation is 2. The summed E-state index contributed by atoms with van der Waals surface area (Å²) in [6, 6.07) is 5.77. The molecule has 1 aliphatic carbocycles. The van der Waals surface area contributed by atoms with Crippen molar-refractivity contribution in [2.75, 3.05) is 13.1 Å². The van der Waals surface area contributed by atoms with Crippen LogP contribution in [0.4, 0.5) is 4.39 Å². The Morgan fingerprint density at radius 2 is 1.92 bits per heavy atom. The molecular formula is C26H28FN7O3. The number of piperidine rings is 1. The Hall–Kier alpha value is -3.86. The number of aliphatic hydroxyl groups is 1. The second-order valence-corrected chi connectivity index (χ2v) is 10.2. The average Bonchev–Trinajstić information content (AvgIpc) is 3.50. The van der Waals surface area contributed by atoms with Gasteiger partial charge in [0.05, 0.1) is 30.2 Å². The molecule has 11 heteroatoms. The van der Waals surface area contributed by atoms with Gasteiger partial charge in [0.1, 0.15) is 17.5 Å². The summed E-state index contributed by atoms with van der Waals surface area (Å²) in [6.07, 6.45) is 7.85. The van der Waals surface area contributed by atoms with Gasteiger partial charge >= 0.3 is 0 Å². The molecule has 0 spiro atoms. The van der Waals surface area contributed by atoms with Crippen molar-refractivity contribution < 1.29 is 14.3 Å². The third-order valence-electron chi connectivity index (χ3n) is 7.80. The Morgan fingerprint density at radius 3 is 2.68 bits per heavy atom. The molecule has 0 radical (unpaired) electrons. The van der Waals surface area contributed by atoms with Crippen molar-refractivity contribution in [1.82, 2.24) is 34.0 Å². The minimum Gasteiger partial charge on any atom is -0.388 e. The summed E-state index contributed by atoms with van der Waals surface area (Å²) in [5.41, 5.74) is 1.88. The summed E-state index contributed by atoms with van der Waals surface area (Å²) in [5.74, 6) is -0.305. The van der Waals surface area contributed by atoms with Crippen molar-refractivity contribution in [3.63, 3.8) is 0 Å². The van der Waals surface area contributed by atoms with Crippen molar-refractivity contribution in [2.45, 2.75) is 44.2 Å². The molecule has 4 heterocycles. The molecule has 1 aliphatic heterocycles. The fourth-order valence-electron chi connectivity index (χ4n) is 5.57. The second-order valence-electron chi connectivity index (χ2n) is 10.2. The van der Waals surface area contributed by atoms with Gasteiger partial charge < -0.3 is 10.0 Å². The van der Waals surface area contributed by atoms with Gasteiger partial charge in [-0.25, -0.2) is 14.1 Å². The van der Waals surface area contributed by atoms with Gasteiger partial charge in [-0.1, -0.05) is 0 Å². The quantitative estimate of drug-likeness (QED) is 0.451. The maximum atomic E-state index is 13.3. The number of carbonyl (C=O) groups excluding carboxylic acids is 1. The first-order valence-electron chi connectivity index (χ1n) is 12.5. The highest BCUT2D eigenvalue weighted by atomic mass is 19.1. The summed E-state index contributed by atoms with van der Waals surface area (Å²) in [6.45, 7) is 0.967. The normalized spacial score (nSPS) is 19.2. The predicted octanol–water partition coefficient (Wildman–Crippen LogP) is 1.61.